The normalized spacial score (nSPS) is 12.2. The quantitative estimate of drug-likeness (QED) is 0.380. The fraction of sp³-hybridized carbons (Fsp3) is 0.111. The third-order valence-corrected chi connectivity index (χ3v) is 3.29. The lowest BCUT2D eigenvalue weighted by molar-refractivity contribution is -0.0121. The summed E-state index contributed by atoms with van der Waals surface area (Å²) in [6.07, 6.45) is 1.04. The van der Waals surface area contributed by atoms with Crippen LogP contribution in [0.5, 0.6) is 5.75 Å². The van der Waals surface area contributed by atoms with E-state index in [0.29, 0.717) is 0 Å². The van der Waals surface area contributed by atoms with Gasteiger partial charge in [0.1, 0.15) is 5.75 Å². The van der Waals surface area contributed by atoms with Crippen LogP contribution in [-0.2, 0) is 4.74 Å². The topological polar surface area (TPSA) is 18.5 Å². The van der Waals surface area contributed by atoms with Crippen LogP contribution in [-0.4, -0.2) is 6.29 Å². The van der Waals surface area contributed by atoms with Crippen molar-refractivity contribution >= 4 is 21.5 Å². The third kappa shape index (κ3) is 2.32. The van der Waals surface area contributed by atoms with Crippen LogP contribution in [0.2, 0.25) is 0 Å². The minimum absolute atomic E-state index is 0.357. The molecule has 0 saturated carbocycles. The molecule has 0 N–H and O–H groups in total. The molecule has 0 aliphatic heterocycles. The van der Waals surface area contributed by atoms with Crippen LogP contribution in [0.1, 0.15) is 6.92 Å². The van der Waals surface area contributed by atoms with Crippen LogP contribution in [0.4, 0.5) is 0 Å². The zero-order chi connectivity index (χ0) is 13.9. The Morgan fingerprint density at radius 3 is 2.40 bits per heavy atom. The summed E-state index contributed by atoms with van der Waals surface area (Å²) >= 11 is 0. The summed E-state index contributed by atoms with van der Waals surface area (Å²) in [6.45, 7) is 5.39. The van der Waals surface area contributed by atoms with Gasteiger partial charge in [0.2, 0.25) is 6.29 Å². The molecule has 2 nitrogen and oxygen atoms in total. The van der Waals surface area contributed by atoms with Gasteiger partial charge in [0.05, 0.1) is 6.26 Å². The van der Waals surface area contributed by atoms with Crippen molar-refractivity contribution in [3.05, 3.63) is 67.4 Å². The van der Waals surface area contributed by atoms with Gasteiger partial charge in [0.25, 0.3) is 0 Å². The van der Waals surface area contributed by atoms with E-state index < -0.39 is 0 Å². The minimum atomic E-state index is -0.357. The van der Waals surface area contributed by atoms with E-state index in [1.54, 1.807) is 0 Å². The highest BCUT2D eigenvalue weighted by atomic mass is 16.7. The first-order chi connectivity index (χ1) is 9.78. The lowest BCUT2D eigenvalue weighted by atomic mass is 10.0. The smallest absolute Gasteiger partial charge is 0.237 e. The monoisotopic (exact) mass is 264 g/mol. The summed E-state index contributed by atoms with van der Waals surface area (Å²) in [6, 6.07) is 18.7. The van der Waals surface area contributed by atoms with Crippen LogP contribution < -0.4 is 4.74 Å². The summed E-state index contributed by atoms with van der Waals surface area (Å²) in [7, 11) is 0. The standard InChI is InChI=1S/C18H16O2/c1-3-19-13(2)20-18-10-6-9-16-11-14-7-4-5-8-15(14)12-17(16)18/h3-13H,1H2,2H3. The van der Waals surface area contributed by atoms with Gasteiger partial charge in [-0.1, -0.05) is 43.0 Å². The molecule has 0 fully saturated rings. The first-order valence-corrected chi connectivity index (χ1v) is 6.62. The van der Waals surface area contributed by atoms with Crippen molar-refractivity contribution in [2.45, 2.75) is 13.2 Å². The molecule has 0 bridgehead atoms. The number of ether oxygens (including phenoxy) is 2. The maximum absolute atomic E-state index is 5.82. The third-order valence-electron chi connectivity index (χ3n) is 3.29. The Bertz CT molecular complexity index is 762. The molecule has 0 heterocycles. The number of fused-ring (bicyclic) bond motifs is 2. The Balaban J connectivity index is 2.12. The molecule has 0 saturated heterocycles. The molecule has 0 aliphatic carbocycles. The van der Waals surface area contributed by atoms with Crippen molar-refractivity contribution in [3.63, 3.8) is 0 Å². The molecule has 3 aromatic carbocycles. The highest BCUT2D eigenvalue weighted by Crippen LogP contribution is 2.30. The molecule has 0 radical (unpaired) electrons. The second-order valence-electron chi connectivity index (χ2n) is 4.66. The summed E-state index contributed by atoms with van der Waals surface area (Å²) in [4.78, 5) is 0. The van der Waals surface area contributed by atoms with E-state index in [4.69, 9.17) is 9.47 Å². The maximum atomic E-state index is 5.82. The van der Waals surface area contributed by atoms with Gasteiger partial charge in [-0.15, -0.1) is 0 Å². The first kappa shape index (κ1) is 12.5. The van der Waals surface area contributed by atoms with Crippen molar-refractivity contribution in [3.8, 4) is 5.75 Å². The molecule has 0 spiro atoms. The number of rotatable bonds is 4. The molecule has 0 aliphatic rings. The van der Waals surface area contributed by atoms with E-state index in [1.165, 1.54) is 17.0 Å². The van der Waals surface area contributed by atoms with Crippen LogP contribution in [0, 0.1) is 0 Å². The van der Waals surface area contributed by atoms with Crippen LogP contribution >= 0.6 is 0 Å². The lowest BCUT2D eigenvalue weighted by Crippen LogP contribution is -2.13. The molecule has 1 atom stereocenters. The van der Waals surface area contributed by atoms with E-state index in [0.717, 1.165) is 16.5 Å². The van der Waals surface area contributed by atoms with Crippen LogP contribution in [0.25, 0.3) is 21.5 Å². The molecular formula is C18H16O2. The van der Waals surface area contributed by atoms with E-state index in [2.05, 4.69) is 43.0 Å². The van der Waals surface area contributed by atoms with Crippen molar-refractivity contribution in [1.29, 1.82) is 0 Å². The Kier molecular flexibility index (Phi) is 3.30. The first-order valence-electron chi connectivity index (χ1n) is 6.62. The van der Waals surface area contributed by atoms with Crippen molar-refractivity contribution in [1.82, 2.24) is 0 Å². The number of hydrogen-bond acceptors (Lipinski definition) is 2. The summed E-state index contributed by atoms with van der Waals surface area (Å²) in [5.74, 6) is 0.822. The van der Waals surface area contributed by atoms with E-state index in [1.807, 2.05) is 25.1 Å². The molecule has 3 aromatic rings. The SMILES string of the molecule is C=COC(C)Oc1cccc2cc3ccccc3cc12. The Morgan fingerprint density at radius 1 is 0.950 bits per heavy atom. The van der Waals surface area contributed by atoms with Crippen LogP contribution in [0.3, 0.4) is 0 Å². The molecule has 20 heavy (non-hydrogen) atoms. The molecule has 3 rings (SSSR count). The van der Waals surface area contributed by atoms with E-state index in [-0.39, 0.29) is 6.29 Å². The molecular weight excluding hydrogens is 248 g/mol. The predicted molar refractivity (Wildman–Crippen MR) is 82.8 cm³/mol. The fourth-order valence-electron chi connectivity index (χ4n) is 2.38. The predicted octanol–water partition coefficient (Wildman–Crippen LogP) is 4.88. The zero-order valence-corrected chi connectivity index (χ0v) is 11.4. The van der Waals surface area contributed by atoms with Crippen molar-refractivity contribution in [2.75, 3.05) is 0 Å². The van der Waals surface area contributed by atoms with Gasteiger partial charge >= 0.3 is 0 Å². The van der Waals surface area contributed by atoms with Gasteiger partial charge in [-0.2, -0.15) is 0 Å². The van der Waals surface area contributed by atoms with Crippen molar-refractivity contribution < 1.29 is 9.47 Å². The summed E-state index contributed by atoms with van der Waals surface area (Å²) in [5, 5.41) is 4.68. The summed E-state index contributed by atoms with van der Waals surface area (Å²) in [5.41, 5.74) is 0. The average Bonchev–Trinajstić information content (AvgIpc) is 2.46. The van der Waals surface area contributed by atoms with E-state index >= 15 is 0 Å². The number of benzene rings is 3. The second kappa shape index (κ2) is 5.25. The minimum Gasteiger partial charge on any atom is -0.463 e. The lowest BCUT2D eigenvalue weighted by Gasteiger charge is -2.15. The second-order valence-corrected chi connectivity index (χ2v) is 4.66. The van der Waals surface area contributed by atoms with Crippen molar-refractivity contribution in [2.24, 2.45) is 0 Å². The Morgan fingerprint density at radius 2 is 1.65 bits per heavy atom. The number of hydrogen-bond donors (Lipinski definition) is 0. The Labute approximate surface area is 118 Å². The van der Waals surface area contributed by atoms with Gasteiger partial charge in [-0.05, 0) is 34.4 Å². The van der Waals surface area contributed by atoms with Crippen LogP contribution in [0.15, 0.2) is 67.4 Å². The highest BCUT2D eigenvalue weighted by molar-refractivity contribution is 6.00. The molecule has 0 amide bonds. The highest BCUT2D eigenvalue weighted by Gasteiger charge is 2.07. The Hall–Kier alpha value is -2.48. The zero-order valence-electron chi connectivity index (χ0n) is 11.4. The molecule has 1 unspecified atom stereocenters. The summed E-state index contributed by atoms with van der Waals surface area (Å²) < 4.78 is 11.0. The average molecular weight is 264 g/mol. The van der Waals surface area contributed by atoms with E-state index in [9.17, 15) is 0 Å². The van der Waals surface area contributed by atoms with Gasteiger partial charge < -0.3 is 9.47 Å². The largest absolute Gasteiger partial charge is 0.463 e. The molecule has 0 aromatic heterocycles. The van der Waals surface area contributed by atoms with Gasteiger partial charge in [0, 0.05) is 12.3 Å². The fourth-order valence-corrected chi connectivity index (χ4v) is 2.38. The van der Waals surface area contributed by atoms with Gasteiger partial charge in [-0.3, -0.25) is 0 Å². The van der Waals surface area contributed by atoms with Gasteiger partial charge in [-0.25, -0.2) is 0 Å². The maximum Gasteiger partial charge on any atom is 0.237 e. The molecule has 2 heteroatoms. The molecule has 100 valence electrons. The van der Waals surface area contributed by atoms with Gasteiger partial charge in [0.15, 0.2) is 0 Å².